The van der Waals surface area contributed by atoms with Gasteiger partial charge in [0.05, 0.1) is 5.69 Å². The Kier molecular flexibility index (Phi) is 3.88. The number of aromatic nitrogens is 2. The Morgan fingerprint density at radius 1 is 1.44 bits per heavy atom. The number of rotatable bonds is 5. The quantitative estimate of drug-likeness (QED) is 0.734. The molecule has 2 rings (SSSR count). The Morgan fingerprint density at radius 3 is 3.06 bits per heavy atom. The van der Waals surface area contributed by atoms with Gasteiger partial charge in [-0.3, -0.25) is 0 Å². The van der Waals surface area contributed by atoms with Crippen molar-refractivity contribution >= 4 is 17.4 Å². The van der Waals surface area contributed by atoms with E-state index in [-0.39, 0.29) is 0 Å². The van der Waals surface area contributed by atoms with Crippen molar-refractivity contribution < 1.29 is 0 Å². The van der Waals surface area contributed by atoms with Crippen molar-refractivity contribution in [1.29, 1.82) is 0 Å². The second-order valence-corrected chi connectivity index (χ2v) is 5.17. The normalized spacial score (nSPS) is 11.1. The fourth-order valence-electron chi connectivity index (χ4n) is 1.70. The van der Waals surface area contributed by atoms with Crippen LogP contribution >= 0.6 is 11.8 Å². The number of thioether (sulfide) groups is 1. The van der Waals surface area contributed by atoms with Crippen LogP contribution in [-0.4, -0.2) is 15.1 Å². The Hall–Kier alpha value is -0.960. The maximum Gasteiger partial charge on any atom is 0.139 e. The number of aryl methyl sites for hydroxylation is 1. The molecule has 0 saturated heterocycles. The molecule has 16 heavy (non-hydrogen) atoms. The Morgan fingerprint density at radius 2 is 2.31 bits per heavy atom. The first kappa shape index (κ1) is 11.5. The number of hydrogen-bond acceptors (Lipinski definition) is 2. The van der Waals surface area contributed by atoms with Crippen LogP contribution < -0.4 is 0 Å². The molecule has 0 bridgehead atoms. The van der Waals surface area contributed by atoms with E-state index in [1.807, 2.05) is 11.8 Å². The van der Waals surface area contributed by atoms with E-state index >= 15 is 0 Å². The minimum absolute atomic E-state index is 1.03. The van der Waals surface area contributed by atoms with Crippen LogP contribution in [0, 0.1) is 6.92 Å². The number of nitrogens with zero attached hydrogens (tertiary/aromatic N) is 2. The van der Waals surface area contributed by atoms with Gasteiger partial charge in [-0.2, -0.15) is 11.8 Å². The molecule has 2 aromatic heterocycles. The average Bonchev–Trinajstić information content (AvgIpc) is 2.69. The third kappa shape index (κ3) is 2.59. The number of fused-ring (bicyclic) bond motifs is 1. The van der Waals surface area contributed by atoms with Crippen LogP contribution in [0.25, 0.3) is 5.65 Å². The van der Waals surface area contributed by atoms with Crippen LogP contribution in [0.2, 0.25) is 0 Å². The van der Waals surface area contributed by atoms with Crippen LogP contribution in [0.4, 0.5) is 0 Å². The zero-order valence-electron chi connectivity index (χ0n) is 9.94. The first-order valence-corrected chi connectivity index (χ1v) is 6.97. The SMILES string of the molecule is CCCCSCc1cn2cccc(C)c2n1. The van der Waals surface area contributed by atoms with Crippen molar-refractivity contribution in [3.05, 3.63) is 35.8 Å². The molecule has 0 aliphatic heterocycles. The number of imidazole rings is 1. The molecule has 0 fully saturated rings. The van der Waals surface area contributed by atoms with Crippen LogP contribution in [0.3, 0.4) is 0 Å². The van der Waals surface area contributed by atoms with E-state index in [0.29, 0.717) is 0 Å². The highest BCUT2D eigenvalue weighted by molar-refractivity contribution is 7.98. The maximum atomic E-state index is 4.65. The van der Waals surface area contributed by atoms with Crippen LogP contribution in [0.1, 0.15) is 31.0 Å². The van der Waals surface area contributed by atoms with Crippen molar-refractivity contribution in [2.75, 3.05) is 5.75 Å². The fraction of sp³-hybridized carbons (Fsp3) is 0.462. The van der Waals surface area contributed by atoms with Crippen molar-refractivity contribution in [1.82, 2.24) is 9.38 Å². The first-order chi connectivity index (χ1) is 7.81. The zero-order chi connectivity index (χ0) is 11.4. The average molecular weight is 234 g/mol. The van der Waals surface area contributed by atoms with Crippen molar-refractivity contribution in [3.63, 3.8) is 0 Å². The van der Waals surface area contributed by atoms with Crippen LogP contribution in [0.15, 0.2) is 24.5 Å². The highest BCUT2D eigenvalue weighted by Gasteiger charge is 2.03. The van der Waals surface area contributed by atoms with Gasteiger partial charge >= 0.3 is 0 Å². The minimum atomic E-state index is 1.03. The molecule has 0 aliphatic carbocycles. The summed E-state index contributed by atoms with van der Waals surface area (Å²) >= 11 is 1.98. The van der Waals surface area contributed by atoms with Gasteiger partial charge in [-0.15, -0.1) is 0 Å². The van der Waals surface area contributed by atoms with E-state index in [2.05, 4.69) is 47.8 Å². The molecule has 0 aliphatic rings. The smallest absolute Gasteiger partial charge is 0.139 e. The van der Waals surface area contributed by atoms with Gasteiger partial charge in [0.2, 0.25) is 0 Å². The van der Waals surface area contributed by atoms with Gasteiger partial charge in [0.15, 0.2) is 0 Å². The largest absolute Gasteiger partial charge is 0.307 e. The second-order valence-electron chi connectivity index (χ2n) is 4.06. The van der Waals surface area contributed by atoms with Crippen LogP contribution in [-0.2, 0) is 5.75 Å². The molecule has 0 unspecified atom stereocenters. The highest BCUT2D eigenvalue weighted by atomic mass is 32.2. The highest BCUT2D eigenvalue weighted by Crippen LogP contribution is 2.15. The molecule has 0 radical (unpaired) electrons. The predicted octanol–water partition coefficient (Wildman–Crippen LogP) is 3.68. The van der Waals surface area contributed by atoms with Gasteiger partial charge in [-0.25, -0.2) is 4.98 Å². The standard InChI is InChI=1S/C13H18N2S/c1-3-4-8-16-10-12-9-15-7-5-6-11(2)13(15)14-12/h5-7,9H,3-4,8,10H2,1-2H3. The molecular weight excluding hydrogens is 216 g/mol. The monoisotopic (exact) mass is 234 g/mol. The lowest BCUT2D eigenvalue weighted by molar-refractivity contribution is 0.896. The van der Waals surface area contributed by atoms with Crippen LogP contribution in [0.5, 0.6) is 0 Å². The summed E-state index contributed by atoms with van der Waals surface area (Å²) in [6.45, 7) is 4.34. The summed E-state index contributed by atoms with van der Waals surface area (Å²) in [5.74, 6) is 2.27. The number of pyridine rings is 1. The molecular formula is C13H18N2S. The van der Waals surface area contributed by atoms with Gasteiger partial charge < -0.3 is 4.40 Å². The van der Waals surface area contributed by atoms with Crippen molar-refractivity contribution in [2.45, 2.75) is 32.4 Å². The molecule has 3 heteroatoms. The first-order valence-electron chi connectivity index (χ1n) is 5.82. The predicted molar refractivity (Wildman–Crippen MR) is 71.0 cm³/mol. The van der Waals surface area contributed by atoms with Gasteiger partial charge in [0.25, 0.3) is 0 Å². The van der Waals surface area contributed by atoms with Crippen molar-refractivity contribution in [3.8, 4) is 0 Å². The molecule has 0 amide bonds. The van der Waals surface area contributed by atoms with Gasteiger partial charge in [0.1, 0.15) is 5.65 Å². The van der Waals surface area contributed by atoms with E-state index < -0.39 is 0 Å². The topological polar surface area (TPSA) is 17.3 Å². The minimum Gasteiger partial charge on any atom is -0.307 e. The third-order valence-corrected chi connectivity index (χ3v) is 3.70. The van der Waals surface area contributed by atoms with Gasteiger partial charge in [-0.1, -0.05) is 19.4 Å². The lowest BCUT2D eigenvalue weighted by atomic mass is 10.3. The van der Waals surface area contributed by atoms with Gasteiger partial charge in [0, 0.05) is 18.1 Å². The molecule has 0 aromatic carbocycles. The molecule has 0 saturated carbocycles. The molecule has 2 nitrogen and oxygen atoms in total. The number of hydrogen-bond donors (Lipinski definition) is 0. The summed E-state index contributed by atoms with van der Waals surface area (Å²) in [5, 5.41) is 0. The molecule has 0 N–H and O–H groups in total. The van der Waals surface area contributed by atoms with Crippen molar-refractivity contribution in [2.24, 2.45) is 0 Å². The lowest BCUT2D eigenvalue weighted by Crippen LogP contribution is -1.84. The molecule has 0 atom stereocenters. The molecule has 2 heterocycles. The van der Waals surface area contributed by atoms with E-state index in [0.717, 1.165) is 11.4 Å². The summed E-state index contributed by atoms with van der Waals surface area (Å²) in [6, 6.07) is 4.17. The Labute approximate surface area is 101 Å². The Bertz CT molecular complexity index is 462. The summed E-state index contributed by atoms with van der Waals surface area (Å²) in [7, 11) is 0. The Balaban J connectivity index is 2.05. The zero-order valence-corrected chi connectivity index (χ0v) is 10.8. The van der Waals surface area contributed by atoms with E-state index in [1.54, 1.807) is 0 Å². The second kappa shape index (κ2) is 5.39. The number of unbranched alkanes of at least 4 members (excludes halogenated alkanes) is 1. The summed E-state index contributed by atoms with van der Waals surface area (Å²) in [6.07, 6.45) is 6.78. The molecule has 0 spiro atoms. The lowest BCUT2D eigenvalue weighted by Gasteiger charge is -1.95. The molecule has 86 valence electrons. The summed E-state index contributed by atoms with van der Waals surface area (Å²) < 4.78 is 2.12. The molecule has 2 aromatic rings. The third-order valence-electron chi connectivity index (χ3n) is 2.62. The summed E-state index contributed by atoms with van der Waals surface area (Å²) in [4.78, 5) is 4.65. The van der Waals surface area contributed by atoms with Gasteiger partial charge in [-0.05, 0) is 30.7 Å². The maximum absolute atomic E-state index is 4.65. The van der Waals surface area contributed by atoms with E-state index in [1.165, 1.54) is 29.9 Å². The fourth-order valence-corrected chi connectivity index (χ4v) is 2.68. The van der Waals surface area contributed by atoms with E-state index in [4.69, 9.17) is 0 Å². The summed E-state index contributed by atoms with van der Waals surface area (Å²) in [5.41, 5.74) is 3.52. The van der Waals surface area contributed by atoms with E-state index in [9.17, 15) is 0 Å².